The van der Waals surface area contributed by atoms with Gasteiger partial charge in [-0.15, -0.1) is 0 Å². The number of H-pyrrole nitrogens is 1. The Morgan fingerprint density at radius 2 is 1.80 bits per heavy atom. The van der Waals surface area contributed by atoms with E-state index in [1.165, 1.54) is 23.9 Å². The molecule has 0 atom stereocenters. The molecule has 0 unspecified atom stereocenters. The van der Waals surface area contributed by atoms with Crippen molar-refractivity contribution >= 4 is 11.8 Å². The van der Waals surface area contributed by atoms with E-state index >= 15 is 0 Å². The molecule has 0 aliphatic rings. The molecule has 1 N–H and O–H groups in total. The van der Waals surface area contributed by atoms with Crippen LogP contribution >= 0.6 is 11.8 Å². The van der Waals surface area contributed by atoms with Crippen molar-refractivity contribution in [3.05, 3.63) is 42.3 Å². The average molecular weight is 287 g/mol. The molecule has 2 aromatic heterocycles. The summed E-state index contributed by atoms with van der Waals surface area (Å²) in [4.78, 5) is 8.52. The second kappa shape index (κ2) is 5.38. The van der Waals surface area contributed by atoms with Crippen molar-refractivity contribution in [3.63, 3.8) is 0 Å². The van der Waals surface area contributed by atoms with Crippen molar-refractivity contribution in [1.82, 2.24) is 25.4 Å². The fraction of sp³-hybridized carbons (Fsp3) is 0.0769. The van der Waals surface area contributed by atoms with Crippen LogP contribution in [0.4, 0.5) is 4.39 Å². The smallest absolute Gasteiger partial charge is 0.187 e. The van der Waals surface area contributed by atoms with Gasteiger partial charge in [-0.1, -0.05) is 11.8 Å². The molecule has 3 aromatic rings. The Labute approximate surface area is 118 Å². The summed E-state index contributed by atoms with van der Waals surface area (Å²) in [7, 11) is 0. The molecule has 0 saturated carbocycles. The van der Waals surface area contributed by atoms with E-state index in [1.54, 1.807) is 24.4 Å². The Morgan fingerprint density at radius 3 is 2.55 bits per heavy atom. The van der Waals surface area contributed by atoms with E-state index in [0.717, 1.165) is 5.56 Å². The third kappa shape index (κ3) is 2.39. The van der Waals surface area contributed by atoms with Gasteiger partial charge in [0, 0.05) is 11.8 Å². The summed E-state index contributed by atoms with van der Waals surface area (Å²) in [6.45, 7) is 0. The van der Waals surface area contributed by atoms with Crippen molar-refractivity contribution in [3.8, 4) is 22.6 Å². The Bertz CT molecular complexity index is 726. The lowest BCUT2D eigenvalue weighted by Crippen LogP contribution is -1.91. The highest BCUT2D eigenvalue weighted by molar-refractivity contribution is 7.98. The maximum atomic E-state index is 13.0. The number of nitrogens with one attached hydrogen (secondary N) is 1. The minimum Gasteiger partial charge on any atom is -0.231 e. The number of aromatic amines is 1. The Kier molecular flexibility index (Phi) is 3.42. The van der Waals surface area contributed by atoms with Gasteiger partial charge in [-0.3, -0.25) is 0 Å². The van der Waals surface area contributed by atoms with Crippen LogP contribution in [0.5, 0.6) is 0 Å². The van der Waals surface area contributed by atoms with E-state index in [-0.39, 0.29) is 5.82 Å². The molecule has 0 saturated heterocycles. The maximum absolute atomic E-state index is 13.0. The van der Waals surface area contributed by atoms with Gasteiger partial charge in [0.15, 0.2) is 5.16 Å². The van der Waals surface area contributed by atoms with Gasteiger partial charge in [0.1, 0.15) is 17.2 Å². The number of nitrogens with zero attached hydrogens (tertiary/aromatic N) is 4. The Hall–Kier alpha value is -2.28. The highest BCUT2D eigenvalue weighted by Crippen LogP contribution is 2.27. The molecule has 0 spiro atoms. The first-order valence-corrected chi connectivity index (χ1v) is 7.04. The van der Waals surface area contributed by atoms with E-state index in [4.69, 9.17) is 0 Å². The highest BCUT2D eigenvalue weighted by atomic mass is 32.2. The minimum absolute atomic E-state index is 0.287. The fourth-order valence-corrected chi connectivity index (χ4v) is 2.15. The van der Waals surface area contributed by atoms with Crippen molar-refractivity contribution in [1.29, 1.82) is 0 Å². The first-order chi connectivity index (χ1) is 9.78. The number of benzene rings is 1. The molecular formula is C13H10FN5S. The fourth-order valence-electron chi connectivity index (χ4n) is 1.79. The second-order valence-electron chi connectivity index (χ2n) is 3.96. The first-order valence-electron chi connectivity index (χ1n) is 5.82. The predicted octanol–water partition coefficient (Wildman–Crippen LogP) is 2.79. The molecular weight excluding hydrogens is 277 g/mol. The first kappa shape index (κ1) is 12.7. The maximum Gasteiger partial charge on any atom is 0.187 e. The average Bonchev–Trinajstić information content (AvgIpc) is 2.97. The number of thioether (sulfide) groups is 1. The molecule has 0 fully saturated rings. The van der Waals surface area contributed by atoms with Crippen LogP contribution in [0, 0.1) is 5.82 Å². The predicted molar refractivity (Wildman–Crippen MR) is 74.6 cm³/mol. The van der Waals surface area contributed by atoms with Gasteiger partial charge in [-0.05, 0) is 36.6 Å². The standard InChI is InChI=1S/C13H10FN5S/c1-20-13-15-7-6-10(16-13)12-11(17-19-18-12)8-2-4-9(14)5-3-8/h2-7H,1H3,(H,17,18,19). The van der Waals surface area contributed by atoms with Crippen LogP contribution in [0.25, 0.3) is 22.6 Å². The van der Waals surface area contributed by atoms with E-state index in [9.17, 15) is 4.39 Å². The molecule has 3 rings (SSSR count). The lowest BCUT2D eigenvalue weighted by atomic mass is 10.1. The van der Waals surface area contributed by atoms with Crippen LogP contribution in [-0.2, 0) is 0 Å². The molecule has 2 heterocycles. The zero-order chi connectivity index (χ0) is 13.9. The van der Waals surface area contributed by atoms with Gasteiger partial charge in [-0.2, -0.15) is 15.4 Å². The largest absolute Gasteiger partial charge is 0.231 e. The molecule has 1 aromatic carbocycles. The van der Waals surface area contributed by atoms with Crippen LogP contribution in [0.1, 0.15) is 0 Å². The molecule has 0 bridgehead atoms. The molecule has 0 radical (unpaired) electrons. The highest BCUT2D eigenvalue weighted by Gasteiger charge is 2.14. The van der Waals surface area contributed by atoms with Gasteiger partial charge in [0.25, 0.3) is 0 Å². The number of rotatable bonds is 3. The normalized spacial score (nSPS) is 10.7. The van der Waals surface area contributed by atoms with Crippen LogP contribution in [-0.4, -0.2) is 31.6 Å². The van der Waals surface area contributed by atoms with Gasteiger partial charge >= 0.3 is 0 Å². The van der Waals surface area contributed by atoms with Gasteiger partial charge < -0.3 is 0 Å². The molecule has 0 amide bonds. The zero-order valence-corrected chi connectivity index (χ0v) is 11.4. The topological polar surface area (TPSA) is 67.3 Å². The molecule has 20 heavy (non-hydrogen) atoms. The summed E-state index contributed by atoms with van der Waals surface area (Å²) in [5.41, 5.74) is 2.71. The molecule has 0 aliphatic heterocycles. The lowest BCUT2D eigenvalue weighted by molar-refractivity contribution is 0.628. The van der Waals surface area contributed by atoms with Crippen LogP contribution in [0.3, 0.4) is 0 Å². The summed E-state index contributed by atoms with van der Waals surface area (Å²) < 4.78 is 13.0. The van der Waals surface area contributed by atoms with Gasteiger partial charge in [0.2, 0.25) is 0 Å². The Morgan fingerprint density at radius 1 is 1.05 bits per heavy atom. The number of hydrogen-bond acceptors (Lipinski definition) is 5. The van der Waals surface area contributed by atoms with Gasteiger partial charge in [-0.25, -0.2) is 14.4 Å². The molecule has 0 aliphatic carbocycles. The molecule has 5 nitrogen and oxygen atoms in total. The van der Waals surface area contributed by atoms with E-state index in [2.05, 4.69) is 25.4 Å². The number of hydrogen-bond donors (Lipinski definition) is 1. The van der Waals surface area contributed by atoms with Crippen LogP contribution in [0.2, 0.25) is 0 Å². The van der Waals surface area contributed by atoms with E-state index in [1.807, 2.05) is 6.26 Å². The quantitative estimate of drug-likeness (QED) is 0.592. The third-order valence-corrected chi connectivity index (χ3v) is 3.29. The monoisotopic (exact) mass is 287 g/mol. The minimum atomic E-state index is -0.287. The summed E-state index contributed by atoms with van der Waals surface area (Å²) in [5.74, 6) is -0.287. The van der Waals surface area contributed by atoms with E-state index < -0.39 is 0 Å². The van der Waals surface area contributed by atoms with Crippen molar-refractivity contribution < 1.29 is 4.39 Å². The summed E-state index contributed by atoms with van der Waals surface area (Å²) in [6, 6.07) is 7.87. The molecule has 100 valence electrons. The van der Waals surface area contributed by atoms with E-state index in [0.29, 0.717) is 22.2 Å². The van der Waals surface area contributed by atoms with Crippen LogP contribution < -0.4 is 0 Å². The van der Waals surface area contributed by atoms with Crippen molar-refractivity contribution in [2.24, 2.45) is 0 Å². The van der Waals surface area contributed by atoms with Crippen molar-refractivity contribution in [2.45, 2.75) is 5.16 Å². The number of halogens is 1. The Balaban J connectivity index is 2.07. The second-order valence-corrected chi connectivity index (χ2v) is 4.73. The summed E-state index contributed by atoms with van der Waals surface area (Å²) in [5, 5.41) is 11.5. The van der Waals surface area contributed by atoms with Gasteiger partial charge in [0.05, 0.1) is 5.69 Å². The summed E-state index contributed by atoms with van der Waals surface area (Å²) in [6.07, 6.45) is 3.58. The summed E-state index contributed by atoms with van der Waals surface area (Å²) >= 11 is 1.45. The SMILES string of the molecule is CSc1nccc(-c2n[nH]nc2-c2ccc(F)cc2)n1. The number of aromatic nitrogens is 5. The zero-order valence-electron chi connectivity index (χ0n) is 10.5. The third-order valence-electron chi connectivity index (χ3n) is 2.72. The molecule has 7 heteroatoms. The van der Waals surface area contributed by atoms with Crippen molar-refractivity contribution in [2.75, 3.05) is 6.26 Å². The lowest BCUT2D eigenvalue weighted by Gasteiger charge is -2.02. The van der Waals surface area contributed by atoms with Crippen LogP contribution in [0.15, 0.2) is 41.7 Å².